The van der Waals surface area contributed by atoms with E-state index >= 15 is 0 Å². The van der Waals surface area contributed by atoms with Crippen LogP contribution >= 0.6 is 11.3 Å². The second kappa shape index (κ2) is 12.9. The van der Waals surface area contributed by atoms with Gasteiger partial charge in [0.15, 0.2) is 4.80 Å². The maximum atomic E-state index is 13.4. The van der Waals surface area contributed by atoms with Gasteiger partial charge in [-0.2, -0.15) is 4.31 Å². The van der Waals surface area contributed by atoms with Gasteiger partial charge in [-0.1, -0.05) is 60.7 Å². The largest absolute Gasteiger partial charge is 0.385 e. The van der Waals surface area contributed by atoms with Gasteiger partial charge in [0.25, 0.3) is 0 Å². The average molecular weight is 562 g/mol. The summed E-state index contributed by atoms with van der Waals surface area (Å²) in [5.74, 6) is 0.517. The fourth-order valence-corrected chi connectivity index (χ4v) is 7.52. The van der Waals surface area contributed by atoms with Crippen molar-refractivity contribution in [2.75, 3.05) is 26.8 Å². The van der Waals surface area contributed by atoms with E-state index in [2.05, 4.69) is 34.2 Å². The minimum Gasteiger partial charge on any atom is -0.385 e. The highest BCUT2D eigenvalue weighted by Gasteiger charge is 2.29. The topological polar surface area (TPSA) is 63.9 Å². The van der Waals surface area contributed by atoms with E-state index in [1.807, 2.05) is 48.5 Å². The van der Waals surface area contributed by atoms with Crippen LogP contribution in [0.5, 0.6) is 0 Å². The molecule has 0 bridgehead atoms. The lowest BCUT2D eigenvalue weighted by Gasteiger charge is -2.31. The number of thiazole rings is 1. The molecule has 3 aromatic carbocycles. The highest BCUT2D eigenvalue weighted by atomic mass is 32.2. The summed E-state index contributed by atoms with van der Waals surface area (Å²) in [4.78, 5) is 6.11. The van der Waals surface area contributed by atoms with E-state index < -0.39 is 10.0 Å². The van der Waals surface area contributed by atoms with Crippen molar-refractivity contribution in [1.82, 2.24) is 8.87 Å². The molecular weight excluding hydrogens is 526 g/mol. The van der Waals surface area contributed by atoms with E-state index in [0.717, 1.165) is 54.0 Å². The van der Waals surface area contributed by atoms with Crippen molar-refractivity contribution >= 4 is 27.0 Å². The Hall–Kier alpha value is -3.04. The van der Waals surface area contributed by atoms with Crippen molar-refractivity contribution in [1.29, 1.82) is 0 Å². The lowest BCUT2D eigenvalue weighted by atomic mass is 9.91. The summed E-state index contributed by atoms with van der Waals surface area (Å²) in [6.07, 6.45) is 3.63. The first-order valence-electron chi connectivity index (χ1n) is 13.5. The molecule has 1 aliphatic heterocycles. The molecule has 1 saturated heterocycles. The van der Waals surface area contributed by atoms with Gasteiger partial charge in [0.1, 0.15) is 0 Å². The third kappa shape index (κ3) is 6.76. The van der Waals surface area contributed by atoms with Crippen molar-refractivity contribution in [2.45, 2.75) is 37.1 Å². The molecule has 0 saturated carbocycles. The minimum absolute atomic E-state index is 0.350. The molecule has 5 rings (SSSR count). The number of methoxy groups -OCH3 is 1. The predicted molar refractivity (Wildman–Crippen MR) is 158 cm³/mol. The van der Waals surface area contributed by atoms with E-state index in [-0.39, 0.29) is 0 Å². The molecule has 1 aromatic heterocycles. The first-order chi connectivity index (χ1) is 19.0. The van der Waals surface area contributed by atoms with Crippen LogP contribution in [0.1, 0.15) is 24.8 Å². The van der Waals surface area contributed by atoms with Crippen molar-refractivity contribution in [3.8, 4) is 11.3 Å². The van der Waals surface area contributed by atoms with E-state index in [9.17, 15) is 8.42 Å². The van der Waals surface area contributed by atoms with Crippen LogP contribution in [0.3, 0.4) is 0 Å². The van der Waals surface area contributed by atoms with Crippen LogP contribution in [0, 0.1) is 5.92 Å². The van der Waals surface area contributed by atoms with Gasteiger partial charge in [0.05, 0.1) is 16.3 Å². The van der Waals surface area contributed by atoms with Gasteiger partial charge in [-0.25, -0.2) is 13.4 Å². The van der Waals surface area contributed by atoms with E-state index in [1.54, 1.807) is 34.9 Å². The summed E-state index contributed by atoms with van der Waals surface area (Å²) < 4.78 is 36.0. The predicted octanol–water partition coefficient (Wildman–Crippen LogP) is 6.13. The van der Waals surface area contributed by atoms with Crippen molar-refractivity contribution < 1.29 is 13.2 Å². The maximum Gasteiger partial charge on any atom is 0.243 e. The second-order valence-electron chi connectivity index (χ2n) is 9.91. The van der Waals surface area contributed by atoms with Gasteiger partial charge in [-0.3, -0.25) is 0 Å². The number of para-hydroxylation sites is 1. The smallest absolute Gasteiger partial charge is 0.243 e. The Labute approximate surface area is 235 Å². The second-order valence-corrected chi connectivity index (χ2v) is 12.7. The Morgan fingerprint density at radius 2 is 1.59 bits per heavy atom. The summed E-state index contributed by atoms with van der Waals surface area (Å²) in [6.45, 7) is 2.55. The SMILES string of the molecule is COCCCn1c(-c2ccc(S(=O)(=O)N3CCC(Cc4ccccc4)CC3)cc2)csc1=Nc1ccccc1. The number of ether oxygens (including phenoxy) is 1. The Kier molecular flexibility index (Phi) is 9.09. The summed E-state index contributed by atoms with van der Waals surface area (Å²) in [5.41, 5.74) is 4.22. The maximum absolute atomic E-state index is 13.4. The monoisotopic (exact) mass is 561 g/mol. The van der Waals surface area contributed by atoms with Gasteiger partial charge in [-0.05, 0) is 67.0 Å². The van der Waals surface area contributed by atoms with Gasteiger partial charge >= 0.3 is 0 Å². The fraction of sp³-hybridized carbons (Fsp3) is 0.323. The normalized spacial score (nSPS) is 15.6. The molecular formula is C31H35N3O3S2. The molecule has 0 aliphatic carbocycles. The lowest BCUT2D eigenvalue weighted by Crippen LogP contribution is -2.38. The number of hydrogen-bond donors (Lipinski definition) is 0. The summed E-state index contributed by atoms with van der Waals surface area (Å²) in [6, 6.07) is 27.7. The minimum atomic E-state index is -3.53. The molecule has 0 spiro atoms. The van der Waals surface area contributed by atoms with Crippen LogP contribution in [0.2, 0.25) is 0 Å². The third-order valence-electron chi connectivity index (χ3n) is 7.24. The molecule has 0 atom stereocenters. The highest BCUT2D eigenvalue weighted by molar-refractivity contribution is 7.89. The van der Waals surface area contributed by atoms with Gasteiger partial charge in [0, 0.05) is 38.7 Å². The van der Waals surface area contributed by atoms with Crippen molar-refractivity contribution in [3.05, 3.63) is 101 Å². The first kappa shape index (κ1) is 27.5. The van der Waals surface area contributed by atoms with Crippen molar-refractivity contribution in [2.24, 2.45) is 10.9 Å². The Balaban J connectivity index is 1.32. The number of nitrogens with zero attached hydrogens (tertiary/aromatic N) is 3. The lowest BCUT2D eigenvalue weighted by molar-refractivity contribution is 0.190. The van der Waals surface area contributed by atoms with Crippen LogP contribution in [0.25, 0.3) is 11.3 Å². The summed E-state index contributed by atoms with van der Waals surface area (Å²) >= 11 is 1.59. The van der Waals surface area contributed by atoms with Crippen LogP contribution in [0.4, 0.5) is 5.69 Å². The summed E-state index contributed by atoms with van der Waals surface area (Å²) in [5, 5.41) is 2.09. The van der Waals surface area contributed by atoms with E-state index in [0.29, 0.717) is 30.5 Å². The standard InChI is InChI=1S/C31H35N3O3S2/c1-37-22-8-19-34-30(24-38-31(34)32-28-11-6-3-7-12-28)27-13-15-29(16-14-27)39(35,36)33-20-17-26(18-21-33)23-25-9-4-2-5-10-25/h2-7,9-16,24,26H,8,17-23H2,1H3. The highest BCUT2D eigenvalue weighted by Crippen LogP contribution is 2.28. The molecule has 4 aromatic rings. The van der Waals surface area contributed by atoms with E-state index in [1.165, 1.54) is 5.56 Å². The number of aromatic nitrogens is 1. The zero-order valence-electron chi connectivity index (χ0n) is 22.3. The van der Waals surface area contributed by atoms with Crippen LogP contribution < -0.4 is 4.80 Å². The molecule has 0 unspecified atom stereocenters. The molecule has 0 radical (unpaired) electrons. The number of benzene rings is 3. The van der Waals surface area contributed by atoms with Gasteiger partial charge in [0.2, 0.25) is 10.0 Å². The molecule has 2 heterocycles. The van der Waals surface area contributed by atoms with Gasteiger partial charge in [-0.15, -0.1) is 11.3 Å². The Bertz CT molecular complexity index is 1500. The number of sulfonamides is 1. The molecule has 1 fully saturated rings. The summed E-state index contributed by atoms with van der Waals surface area (Å²) in [7, 11) is -1.82. The number of piperidine rings is 1. The molecule has 1 aliphatic rings. The van der Waals surface area contributed by atoms with E-state index in [4.69, 9.17) is 9.73 Å². The fourth-order valence-electron chi connectivity index (χ4n) is 5.09. The molecule has 6 nitrogen and oxygen atoms in total. The molecule has 0 N–H and O–H groups in total. The number of hydrogen-bond acceptors (Lipinski definition) is 5. The zero-order chi connectivity index (χ0) is 27.1. The Morgan fingerprint density at radius 3 is 2.26 bits per heavy atom. The molecule has 39 heavy (non-hydrogen) atoms. The zero-order valence-corrected chi connectivity index (χ0v) is 23.9. The molecule has 8 heteroatoms. The van der Waals surface area contributed by atoms with Crippen LogP contribution in [-0.4, -0.2) is 44.1 Å². The number of rotatable bonds is 10. The quantitative estimate of drug-likeness (QED) is 0.219. The Morgan fingerprint density at radius 1 is 0.923 bits per heavy atom. The average Bonchev–Trinajstić information content (AvgIpc) is 3.36. The third-order valence-corrected chi connectivity index (χ3v) is 10.0. The van der Waals surface area contributed by atoms with Crippen LogP contribution in [-0.2, 0) is 27.7 Å². The molecule has 204 valence electrons. The first-order valence-corrected chi connectivity index (χ1v) is 15.8. The van der Waals surface area contributed by atoms with Crippen LogP contribution in [0.15, 0.2) is 100 Å². The molecule has 0 amide bonds. The van der Waals surface area contributed by atoms with Gasteiger partial charge < -0.3 is 9.30 Å². The van der Waals surface area contributed by atoms with Crippen molar-refractivity contribution in [3.63, 3.8) is 0 Å².